The Morgan fingerprint density at radius 2 is 1.74 bits per heavy atom. The lowest BCUT2D eigenvalue weighted by atomic mass is 10.1. The molecule has 2 aliphatic rings. The van der Waals surface area contributed by atoms with Crippen LogP contribution in [0.15, 0.2) is 42.5 Å². The summed E-state index contributed by atoms with van der Waals surface area (Å²) >= 11 is 5.56. The third-order valence-electron chi connectivity index (χ3n) is 6.29. The highest BCUT2D eigenvalue weighted by molar-refractivity contribution is 7.80. The monoisotopic (exact) mass is 436 g/mol. The molecular weight excluding hydrogens is 404 g/mol. The van der Waals surface area contributed by atoms with E-state index in [1.807, 2.05) is 30.0 Å². The van der Waals surface area contributed by atoms with E-state index in [9.17, 15) is 4.79 Å². The van der Waals surface area contributed by atoms with E-state index in [4.69, 9.17) is 12.2 Å². The number of nitrogens with one attached hydrogen (secondary N) is 2. The van der Waals surface area contributed by atoms with Crippen molar-refractivity contribution in [3.8, 4) is 0 Å². The normalized spacial score (nSPS) is 17.5. The Bertz CT molecular complexity index is 937. The number of anilines is 3. The Morgan fingerprint density at radius 3 is 2.42 bits per heavy atom. The van der Waals surface area contributed by atoms with Gasteiger partial charge in [-0.3, -0.25) is 4.79 Å². The van der Waals surface area contributed by atoms with E-state index < -0.39 is 0 Å². The number of rotatable bonds is 5. The zero-order valence-electron chi connectivity index (χ0n) is 18.5. The van der Waals surface area contributed by atoms with Crippen molar-refractivity contribution >= 4 is 40.3 Å². The maximum absolute atomic E-state index is 12.2. The van der Waals surface area contributed by atoms with E-state index >= 15 is 0 Å². The van der Waals surface area contributed by atoms with Gasteiger partial charge < -0.3 is 20.4 Å². The third-order valence-corrected chi connectivity index (χ3v) is 6.51. The summed E-state index contributed by atoms with van der Waals surface area (Å²) in [5.41, 5.74) is 5.47. The number of piperidine rings is 1. The van der Waals surface area contributed by atoms with E-state index in [1.165, 1.54) is 30.5 Å². The molecule has 164 valence electrons. The molecule has 1 amide bonds. The van der Waals surface area contributed by atoms with Crippen molar-refractivity contribution in [1.82, 2.24) is 5.32 Å². The third kappa shape index (κ3) is 5.18. The predicted molar refractivity (Wildman–Crippen MR) is 133 cm³/mol. The number of nitrogens with zero attached hydrogens (tertiary/aromatic N) is 2. The molecule has 1 unspecified atom stereocenters. The van der Waals surface area contributed by atoms with Crippen molar-refractivity contribution < 1.29 is 4.79 Å². The Kier molecular flexibility index (Phi) is 6.76. The molecule has 2 saturated heterocycles. The molecular formula is C25H32N4OS. The summed E-state index contributed by atoms with van der Waals surface area (Å²) in [6, 6.07) is 15.0. The number of aryl methyl sites for hydroxylation is 1. The molecule has 2 fully saturated rings. The smallest absolute Gasteiger partial charge is 0.227 e. The minimum absolute atomic E-state index is 0.0977. The van der Waals surface area contributed by atoms with Gasteiger partial charge in [-0.25, -0.2) is 0 Å². The SMILES string of the molecule is Cc1ccc(NC(=S)NC(C)c2ccc(N3CCCCC3)cc2)cc1N1CCCC1=O. The first-order valence-electron chi connectivity index (χ1n) is 11.3. The van der Waals surface area contributed by atoms with Crippen LogP contribution < -0.4 is 20.4 Å². The largest absolute Gasteiger partial charge is 0.372 e. The van der Waals surface area contributed by atoms with Crippen LogP contribution in [0.4, 0.5) is 17.1 Å². The van der Waals surface area contributed by atoms with Gasteiger partial charge in [-0.15, -0.1) is 0 Å². The van der Waals surface area contributed by atoms with Crippen LogP contribution in [0.2, 0.25) is 0 Å². The van der Waals surface area contributed by atoms with Gasteiger partial charge in [0.1, 0.15) is 0 Å². The Labute approximate surface area is 190 Å². The second-order valence-electron chi connectivity index (χ2n) is 8.61. The predicted octanol–water partition coefficient (Wildman–Crippen LogP) is 5.16. The van der Waals surface area contributed by atoms with Gasteiger partial charge in [0.15, 0.2) is 5.11 Å². The average Bonchev–Trinajstić information content (AvgIpc) is 3.21. The lowest BCUT2D eigenvalue weighted by Crippen LogP contribution is -2.31. The number of carbonyl (C=O) groups is 1. The molecule has 1 atom stereocenters. The highest BCUT2D eigenvalue weighted by Gasteiger charge is 2.23. The molecule has 0 saturated carbocycles. The van der Waals surface area contributed by atoms with Gasteiger partial charge in [-0.05, 0) is 87.1 Å². The first-order chi connectivity index (χ1) is 15.0. The number of amides is 1. The Hall–Kier alpha value is -2.60. The molecule has 2 heterocycles. The average molecular weight is 437 g/mol. The Morgan fingerprint density at radius 1 is 1.00 bits per heavy atom. The van der Waals surface area contributed by atoms with Gasteiger partial charge in [-0.1, -0.05) is 18.2 Å². The van der Waals surface area contributed by atoms with E-state index in [1.54, 1.807) is 0 Å². The zero-order chi connectivity index (χ0) is 21.8. The summed E-state index contributed by atoms with van der Waals surface area (Å²) in [6.07, 6.45) is 5.46. The molecule has 2 aromatic rings. The van der Waals surface area contributed by atoms with Gasteiger partial charge >= 0.3 is 0 Å². The lowest BCUT2D eigenvalue weighted by molar-refractivity contribution is -0.117. The summed E-state index contributed by atoms with van der Waals surface area (Å²) in [7, 11) is 0. The molecule has 2 N–H and O–H groups in total. The van der Waals surface area contributed by atoms with E-state index in [0.717, 1.165) is 43.0 Å². The first-order valence-corrected chi connectivity index (χ1v) is 11.8. The van der Waals surface area contributed by atoms with Gasteiger partial charge in [0.05, 0.1) is 6.04 Å². The molecule has 31 heavy (non-hydrogen) atoms. The molecule has 0 aliphatic carbocycles. The van der Waals surface area contributed by atoms with Gasteiger partial charge in [0.25, 0.3) is 0 Å². The summed E-state index contributed by atoms with van der Waals surface area (Å²) in [6.45, 7) is 7.26. The number of hydrogen-bond acceptors (Lipinski definition) is 3. The lowest BCUT2D eigenvalue weighted by Gasteiger charge is -2.29. The second kappa shape index (κ2) is 9.69. The number of hydrogen-bond donors (Lipinski definition) is 2. The molecule has 2 aromatic carbocycles. The second-order valence-corrected chi connectivity index (χ2v) is 9.02. The van der Waals surface area contributed by atoms with Crippen LogP contribution in [0.3, 0.4) is 0 Å². The van der Waals surface area contributed by atoms with Gasteiger partial charge in [0.2, 0.25) is 5.91 Å². The molecule has 2 aliphatic heterocycles. The topological polar surface area (TPSA) is 47.6 Å². The van der Waals surface area contributed by atoms with E-state index in [-0.39, 0.29) is 11.9 Å². The summed E-state index contributed by atoms with van der Waals surface area (Å²) in [5, 5.41) is 7.25. The minimum Gasteiger partial charge on any atom is -0.372 e. The highest BCUT2D eigenvalue weighted by atomic mass is 32.1. The van der Waals surface area contributed by atoms with Crippen molar-refractivity contribution in [2.45, 2.75) is 52.0 Å². The van der Waals surface area contributed by atoms with E-state index in [0.29, 0.717) is 11.5 Å². The summed E-state index contributed by atoms with van der Waals surface area (Å²) < 4.78 is 0. The maximum Gasteiger partial charge on any atom is 0.227 e. The fourth-order valence-electron chi connectivity index (χ4n) is 4.45. The van der Waals surface area contributed by atoms with Crippen molar-refractivity contribution in [1.29, 1.82) is 0 Å². The van der Waals surface area contributed by atoms with Crippen LogP contribution in [-0.4, -0.2) is 30.7 Å². The zero-order valence-corrected chi connectivity index (χ0v) is 19.3. The molecule has 0 bridgehead atoms. The molecule has 0 spiro atoms. The van der Waals surface area contributed by atoms with Crippen LogP contribution in [0.25, 0.3) is 0 Å². The van der Waals surface area contributed by atoms with Crippen LogP contribution in [0.1, 0.15) is 56.2 Å². The quantitative estimate of drug-likeness (QED) is 0.634. The standard InChI is InChI=1S/C25H32N4OS/c1-18-8-11-21(17-23(18)29-16-6-7-24(29)30)27-25(31)26-19(2)20-9-12-22(13-10-20)28-14-4-3-5-15-28/h8-13,17,19H,3-7,14-16H2,1-2H3,(H2,26,27,31). The van der Waals surface area contributed by atoms with Crippen LogP contribution in [0, 0.1) is 6.92 Å². The summed E-state index contributed by atoms with van der Waals surface area (Å²) in [5.74, 6) is 0.197. The van der Waals surface area contributed by atoms with Crippen molar-refractivity contribution in [3.63, 3.8) is 0 Å². The molecule has 0 aromatic heterocycles. The van der Waals surface area contributed by atoms with Crippen molar-refractivity contribution in [2.75, 3.05) is 34.8 Å². The Balaban J connectivity index is 1.36. The van der Waals surface area contributed by atoms with Crippen molar-refractivity contribution in [2.24, 2.45) is 0 Å². The molecule has 4 rings (SSSR count). The van der Waals surface area contributed by atoms with Crippen molar-refractivity contribution in [3.05, 3.63) is 53.6 Å². The first kappa shape index (κ1) is 21.6. The fraction of sp³-hybridized carbons (Fsp3) is 0.440. The summed E-state index contributed by atoms with van der Waals surface area (Å²) in [4.78, 5) is 16.5. The van der Waals surface area contributed by atoms with Crippen LogP contribution >= 0.6 is 12.2 Å². The highest BCUT2D eigenvalue weighted by Crippen LogP contribution is 2.28. The maximum atomic E-state index is 12.2. The number of thiocarbonyl (C=S) groups is 1. The van der Waals surface area contributed by atoms with E-state index in [2.05, 4.69) is 46.7 Å². The molecule has 5 nitrogen and oxygen atoms in total. The fourth-order valence-corrected chi connectivity index (χ4v) is 4.75. The van der Waals surface area contributed by atoms with Gasteiger partial charge in [0, 0.05) is 43.1 Å². The van der Waals surface area contributed by atoms with Gasteiger partial charge in [-0.2, -0.15) is 0 Å². The van der Waals surface area contributed by atoms with Crippen LogP contribution in [0.5, 0.6) is 0 Å². The molecule has 6 heteroatoms. The number of benzene rings is 2. The number of carbonyl (C=O) groups excluding carboxylic acids is 1. The van der Waals surface area contributed by atoms with Crippen LogP contribution in [-0.2, 0) is 4.79 Å². The molecule has 0 radical (unpaired) electrons. The minimum atomic E-state index is 0.0977.